The number of nitriles is 1. The molecule has 2 aromatic rings. The van der Waals surface area contributed by atoms with Crippen molar-refractivity contribution in [3.05, 3.63) is 62.0 Å². The SMILES string of the molecule is Cc1cc(Br)c(NC(=O)/C(C#N)=C/c2cccc(OCC(=O)O)c2)c(Br)c1. The van der Waals surface area contributed by atoms with E-state index in [0.29, 0.717) is 25.9 Å². The fraction of sp³-hybridized carbons (Fsp3) is 0.105. The van der Waals surface area contributed by atoms with Crippen LogP contribution in [-0.4, -0.2) is 23.6 Å². The molecule has 138 valence electrons. The van der Waals surface area contributed by atoms with Crippen molar-refractivity contribution in [2.75, 3.05) is 11.9 Å². The summed E-state index contributed by atoms with van der Waals surface area (Å²) in [6.45, 7) is 1.44. The van der Waals surface area contributed by atoms with Crippen molar-refractivity contribution in [1.29, 1.82) is 5.26 Å². The number of carboxylic acid groups (broad SMARTS) is 1. The van der Waals surface area contributed by atoms with Crippen LogP contribution in [0.3, 0.4) is 0 Å². The Morgan fingerprint density at radius 3 is 2.52 bits per heavy atom. The number of rotatable bonds is 6. The zero-order valence-electron chi connectivity index (χ0n) is 14.1. The van der Waals surface area contributed by atoms with Gasteiger partial charge >= 0.3 is 5.97 Å². The third-order valence-corrected chi connectivity index (χ3v) is 4.57. The van der Waals surface area contributed by atoms with Gasteiger partial charge in [0.15, 0.2) is 6.61 Å². The number of benzene rings is 2. The van der Waals surface area contributed by atoms with E-state index in [9.17, 15) is 14.9 Å². The van der Waals surface area contributed by atoms with Gasteiger partial charge in [0.1, 0.15) is 17.4 Å². The van der Waals surface area contributed by atoms with Gasteiger partial charge in [0, 0.05) is 8.95 Å². The number of carboxylic acids is 1. The number of halogens is 2. The summed E-state index contributed by atoms with van der Waals surface area (Å²) in [5.41, 5.74) is 1.95. The van der Waals surface area contributed by atoms with Crippen LogP contribution in [0.15, 0.2) is 50.9 Å². The topological polar surface area (TPSA) is 99.4 Å². The summed E-state index contributed by atoms with van der Waals surface area (Å²) < 4.78 is 6.47. The van der Waals surface area contributed by atoms with E-state index >= 15 is 0 Å². The summed E-state index contributed by atoms with van der Waals surface area (Å²) in [4.78, 5) is 23.1. The lowest BCUT2D eigenvalue weighted by Crippen LogP contribution is -2.14. The number of nitrogens with zero attached hydrogens (tertiary/aromatic N) is 1. The minimum atomic E-state index is -1.10. The van der Waals surface area contributed by atoms with Crippen LogP contribution in [0.2, 0.25) is 0 Å². The third kappa shape index (κ3) is 5.94. The molecule has 27 heavy (non-hydrogen) atoms. The first-order chi connectivity index (χ1) is 12.8. The van der Waals surface area contributed by atoms with Crippen molar-refractivity contribution >= 4 is 55.5 Å². The van der Waals surface area contributed by atoms with Gasteiger partial charge in [0.2, 0.25) is 0 Å². The Kier molecular flexibility index (Phi) is 7.16. The molecule has 0 spiro atoms. The van der Waals surface area contributed by atoms with Gasteiger partial charge in [-0.05, 0) is 80.3 Å². The van der Waals surface area contributed by atoms with Crippen LogP contribution in [0.25, 0.3) is 6.08 Å². The summed E-state index contributed by atoms with van der Waals surface area (Å²) in [6, 6.07) is 12.0. The fourth-order valence-corrected chi connectivity index (χ4v) is 3.77. The maximum absolute atomic E-state index is 12.5. The Labute approximate surface area is 172 Å². The number of hydrogen-bond donors (Lipinski definition) is 2. The van der Waals surface area contributed by atoms with E-state index in [4.69, 9.17) is 9.84 Å². The zero-order valence-corrected chi connectivity index (χ0v) is 17.3. The van der Waals surface area contributed by atoms with Gasteiger partial charge in [-0.1, -0.05) is 12.1 Å². The minimum absolute atomic E-state index is 0.107. The molecule has 0 saturated heterocycles. The zero-order chi connectivity index (χ0) is 20.0. The van der Waals surface area contributed by atoms with Crippen LogP contribution in [0.1, 0.15) is 11.1 Å². The van der Waals surface area contributed by atoms with Crippen LogP contribution in [-0.2, 0) is 9.59 Å². The average molecular weight is 494 g/mol. The molecule has 2 rings (SSSR count). The molecule has 0 unspecified atom stereocenters. The Morgan fingerprint density at radius 2 is 1.93 bits per heavy atom. The van der Waals surface area contributed by atoms with Gasteiger partial charge < -0.3 is 15.2 Å². The molecule has 0 fully saturated rings. The lowest BCUT2D eigenvalue weighted by atomic mass is 10.1. The molecule has 0 aliphatic heterocycles. The second-order valence-corrected chi connectivity index (χ2v) is 7.19. The van der Waals surface area contributed by atoms with E-state index in [1.54, 1.807) is 24.3 Å². The van der Waals surface area contributed by atoms with E-state index in [1.165, 1.54) is 6.08 Å². The highest BCUT2D eigenvalue weighted by molar-refractivity contribution is 9.11. The van der Waals surface area contributed by atoms with Crippen LogP contribution in [0.5, 0.6) is 5.75 Å². The maximum Gasteiger partial charge on any atom is 0.341 e. The van der Waals surface area contributed by atoms with Crippen LogP contribution in [0.4, 0.5) is 5.69 Å². The van der Waals surface area contributed by atoms with Gasteiger partial charge in [-0.15, -0.1) is 0 Å². The number of ether oxygens (including phenoxy) is 1. The van der Waals surface area contributed by atoms with E-state index in [-0.39, 0.29) is 5.57 Å². The predicted octanol–water partition coefficient (Wildman–Crippen LogP) is 4.53. The molecule has 0 aliphatic rings. The second-order valence-electron chi connectivity index (χ2n) is 5.48. The standard InChI is InChI=1S/C19H14Br2N2O4/c1-11-5-15(20)18(16(21)6-11)23-19(26)13(9-22)7-12-3-2-4-14(8-12)27-10-17(24)25/h2-8H,10H2,1H3,(H,23,26)(H,24,25)/b13-7+. The van der Waals surface area contributed by atoms with Crippen LogP contribution >= 0.6 is 31.9 Å². The maximum atomic E-state index is 12.5. The van der Waals surface area contributed by atoms with E-state index in [1.807, 2.05) is 25.1 Å². The number of amides is 1. The number of hydrogen-bond acceptors (Lipinski definition) is 4. The smallest absolute Gasteiger partial charge is 0.341 e. The van der Waals surface area contributed by atoms with E-state index < -0.39 is 18.5 Å². The Morgan fingerprint density at radius 1 is 1.26 bits per heavy atom. The molecular weight excluding hydrogens is 480 g/mol. The Balaban J connectivity index is 2.24. The van der Waals surface area contributed by atoms with Gasteiger partial charge in [0.25, 0.3) is 5.91 Å². The number of carbonyl (C=O) groups is 2. The van der Waals surface area contributed by atoms with Gasteiger partial charge in [-0.3, -0.25) is 4.79 Å². The van der Waals surface area contributed by atoms with Crippen molar-refractivity contribution in [2.24, 2.45) is 0 Å². The lowest BCUT2D eigenvalue weighted by Gasteiger charge is -2.10. The van der Waals surface area contributed by atoms with E-state index in [2.05, 4.69) is 37.2 Å². The van der Waals surface area contributed by atoms with Crippen molar-refractivity contribution in [2.45, 2.75) is 6.92 Å². The fourth-order valence-electron chi connectivity index (χ4n) is 2.15. The van der Waals surface area contributed by atoms with Crippen molar-refractivity contribution in [1.82, 2.24) is 0 Å². The third-order valence-electron chi connectivity index (χ3n) is 3.32. The lowest BCUT2D eigenvalue weighted by molar-refractivity contribution is -0.139. The first-order valence-electron chi connectivity index (χ1n) is 7.63. The number of nitrogens with one attached hydrogen (secondary N) is 1. The Bertz CT molecular complexity index is 941. The highest BCUT2D eigenvalue weighted by Gasteiger charge is 2.14. The molecule has 8 heteroatoms. The summed E-state index contributed by atoms with van der Waals surface area (Å²) >= 11 is 6.78. The normalized spacial score (nSPS) is 10.8. The molecule has 0 heterocycles. The first-order valence-corrected chi connectivity index (χ1v) is 9.22. The minimum Gasteiger partial charge on any atom is -0.482 e. The molecule has 0 radical (unpaired) electrons. The molecule has 2 N–H and O–H groups in total. The molecular formula is C19H14Br2N2O4. The van der Waals surface area contributed by atoms with Crippen molar-refractivity contribution in [3.8, 4) is 11.8 Å². The Hall–Kier alpha value is -2.63. The number of aryl methyl sites for hydroxylation is 1. The van der Waals surface area contributed by atoms with Crippen LogP contribution < -0.4 is 10.1 Å². The van der Waals surface area contributed by atoms with E-state index in [0.717, 1.165) is 5.56 Å². The summed E-state index contributed by atoms with van der Waals surface area (Å²) in [5, 5.41) is 20.7. The largest absolute Gasteiger partial charge is 0.482 e. The molecule has 0 bridgehead atoms. The molecule has 1 amide bonds. The predicted molar refractivity (Wildman–Crippen MR) is 108 cm³/mol. The van der Waals surface area contributed by atoms with Gasteiger partial charge in [-0.2, -0.15) is 5.26 Å². The highest BCUT2D eigenvalue weighted by atomic mass is 79.9. The molecule has 6 nitrogen and oxygen atoms in total. The molecule has 0 saturated carbocycles. The summed E-state index contributed by atoms with van der Waals surface area (Å²) in [6.07, 6.45) is 1.40. The average Bonchev–Trinajstić information content (AvgIpc) is 2.61. The number of carbonyl (C=O) groups excluding carboxylic acids is 1. The van der Waals surface area contributed by atoms with Gasteiger partial charge in [0.05, 0.1) is 5.69 Å². The second kappa shape index (κ2) is 9.35. The van der Waals surface area contributed by atoms with Gasteiger partial charge in [-0.25, -0.2) is 4.79 Å². The van der Waals surface area contributed by atoms with Crippen molar-refractivity contribution < 1.29 is 19.4 Å². The first kappa shape index (κ1) is 20.7. The highest BCUT2D eigenvalue weighted by Crippen LogP contribution is 2.32. The van der Waals surface area contributed by atoms with Crippen molar-refractivity contribution in [3.63, 3.8) is 0 Å². The number of anilines is 1. The summed E-state index contributed by atoms with van der Waals surface area (Å²) in [5.74, 6) is -1.34. The molecule has 0 aliphatic carbocycles. The number of aliphatic carboxylic acids is 1. The molecule has 2 aromatic carbocycles. The molecule has 0 aromatic heterocycles. The molecule has 0 atom stereocenters. The quantitative estimate of drug-likeness (QED) is 0.455. The monoisotopic (exact) mass is 492 g/mol. The summed E-state index contributed by atoms with van der Waals surface area (Å²) in [7, 11) is 0. The van der Waals surface area contributed by atoms with Crippen LogP contribution in [0, 0.1) is 18.3 Å².